The highest BCUT2D eigenvalue weighted by Gasteiger charge is 2.33. The van der Waals surface area contributed by atoms with Crippen molar-refractivity contribution in [2.45, 2.75) is 49.5 Å². The van der Waals surface area contributed by atoms with Gasteiger partial charge >= 0.3 is 11.8 Å². The first-order chi connectivity index (χ1) is 11.2. The number of pyridine rings is 1. The Labute approximate surface area is 142 Å². The number of nitro groups is 1. The maximum Gasteiger partial charge on any atom is 0.410 e. The predicted molar refractivity (Wildman–Crippen MR) is 88.1 cm³/mol. The third kappa shape index (κ3) is 4.50. The molecule has 8 nitrogen and oxygen atoms in total. The number of hydrogen-bond acceptors (Lipinski definition) is 6. The lowest BCUT2D eigenvalue weighted by Crippen LogP contribution is -2.46. The lowest BCUT2D eigenvalue weighted by atomic mass is 10.1. The highest BCUT2D eigenvalue weighted by Crippen LogP contribution is 2.26. The Balaban J connectivity index is 2.14. The molecule has 24 heavy (non-hydrogen) atoms. The number of hydrogen-bond donors (Lipinski definition) is 0. The molecule has 0 spiro atoms. The summed E-state index contributed by atoms with van der Waals surface area (Å²) in [5.74, 6) is 0. The van der Waals surface area contributed by atoms with E-state index in [9.17, 15) is 19.1 Å². The van der Waals surface area contributed by atoms with Crippen molar-refractivity contribution in [3.63, 3.8) is 0 Å². The number of ether oxygens (including phenoxy) is 1. The Morgan fingerprint density at radius 2 is 2.21 bits per heavy atom. The summed E-state index contributed by atoms with van der Waals surface area (Å²) in [6.45, 7) is 6.09. The Hall–Kier alpha value is -2.03. The van der Waals surface area contributed by atoms with Crippen LogP contribution in [0.25, 0.3) is 0 Å². The number of carbonyl (C=O) groups excluding carboxylic acids is 1. The number of likely N-dealkylation sites (tertiary alicyclic amines) is 1. The van der Waals surface area contributed by atoms with Crippen molar-refractivity contribution in [2.75, 3.05) is 13.1 Å². The third-order valence-corrected chi connectivity index (χ3v) is 5.16. The van der Waals surface area contributed by atoms with E-state index >= 15 is 0 Å². The third-order valence-electron chi connectivity index (χ3n) is 3.47. The van der Waals surface area contributed by atoms with Gasteiger partial charge in [-0.25, -0.2) is 9.78 Å². The number of piperidine rings is 1. The molecule has 0 radical (unpaired) electrons. The molecule has 0 saturated carbocycles. The predicted octanol–water partition coefficient (Wildman–Crippen LogP) is 2.50. The van der Waals surface area contributed by atoms with Crippen LogP contribution in [0.4, 0.5) is 10.5 Å². The average molecular weight is 355 g/mol. The zero-order valence-electron chi connectivity index (χ0n) is 13.9. The summed E-state index contributed by atoms with van der Waals surface area (Å²) in [6.07, 6.45) is 2.20. The summed E-state index contributed by atoms with van der Waals surface area (Å²) < 4.78 is 18.1. The monoisotopic (exact) mass is 355 g/mol. The molecule has 132 valence electrons. The van der Waals surface area contributed by atoms with Gasteiger partial charge in [-0.2, -0.15) is 0 Å². The molecule has 1 aromatic rings. The fourth-order valence-corrected chi connectivity index (χ4v) is 3.96. The molecular weight excluding hydrogens is 334 g/mol. The minimum Gasteiger partial charge on any atom is -0.444 e. The number of carbonyl (C=O) groups is 1. The van der Waals surface area contributed by atoms with Crippen molar-refractivity contribution in [3.8, 4) is 0 Å². The number of rotatable bonds is 3. The van der Waals surface area contributed by atoms with E-state index in [-0.39, 0.29) is 17.3 Å². The van der Waals surface area contributed by atoms with Crippen molar-refractivity contribution in [2.24, 2.45) is 0 Å². The van der Waals surface area contributed by atoms with Crippen LogP contribution in [0.2, 0.25) is 0 Å². The van der Waals surface area contributed by atoms with Gasteiger partial charge in [0.25, 0.3) is 0 Å². The maximum atomic E-state index is 12.7. The second-order valence-electron chi connectivity index (χ2n) is 6.57. The molecule has 1 saturated heterocycles. The van der Waals surface area contributed by atoms with E-state index in [0.29, 0.717) is 19.4 Å². The Bertz CT molecular complexity index is 659. The SMILES string of the molecule is CC(C)(C)OC(=O)N1CCC[C@H]([S@](=O)c2ncccc2[N+](=O)[O-])C1. The van der Waals surface area contributed by atoms with Crippen molar-refractivity contribution in [3.05, 3.63) is 28.4 Å². The van der Waals surface area contributed by atoms with Crippen LogP contribution in [0.1, 0.15) is 33.6 Å². The largest absolute Gasteiger partial charge is 0.444 e. The van der Waals surface area contributed by atoms with Gasteiger partial charge in [0, 0.05) is 25.4 Å². The Morgan fingerprint density at radius 1 is 1.50 bits per heavy atom. The molecule has 9 heteroatoms. The first-order valence-corrected chi connectivity index (χ1v) is 8.88. The van der Waals surface area contributed by atoms with E-state index in [2.05, 4.69) is 4.98 Å². The van der Waals surface area contributed by atoms with E-state index in [1.54, 1.807) is 20.8 Å². The summed E-state index contributed by atoms with van der Waals surface area (Å²) in [7, 11) is -1.66. The van der Waals surface area contributed by atoms with Gasteiger partial charge < -0.3 is 9.64 Å². The lowest BCUT2D eigenvalue weighted by Gasteiger charge is -2.33. The van der Waals surface area contributed by atoms with E-state index in [0.717, 1.165) is 0 Å². The summed E-state index contributed by atoms with van der Waals surface area (Å²) in [4.78, 5) is 28.1. The smallest absolute Gasteiger partial charge is 0.410 e. The molecule has 0 unspecified atom stereocenters. The first-order valence-electron chi connectivity index (χ1n) is 7.67. The molecule has 2 heterocycles. The van der Waals surface area contributed by atoms with Crippen LogP contribution < -0.4 is 0 Å². The van der Waals surface area contributed by atoms with Crippen molar-refractivity contribution < 1.29 is 18.7 Å². The molecule has 1 aliphatic rings. The van der Waals surface area contributed by atoms with Crippen LogP contribution >= 0.6 is 0 Å². The fraction of sp³-hybridized carbons (Fsp3) is 0.600. The van der Waals surface area contributed by atoms with Crippen LogP contribution in [0, 0.1) is 10.1 Å². The van der Waals surface area contributed by atoms with Crippen LogP contribution in [-0.2, 0) is 15.5 Å². The van der Waals surface area contributed by atoms with E-state index in [1.165, 1.54) is 23.2 Å². The summed E-state index contributed by atoms with van der Waals surface area (Å²) in [6, 6.07) is 2.72. The normalized spacial score (nSPS) is 19.6. The molecule has 1 aliphatic heterocycles. The van der Waals surface area contributed by atoms with Gasteiger partial charge in [0.15, 0.2) is 0 Å². The molecule has 0 N–H and O–H groups in total. The molecule has 0 aliphatic carbocycles. The zero-order chi connectivity index (χ0) is 17.9. The quantitative estimate of drug-likeness (QED) is 0.609. The minimum absolute atomic E-state index is 0.0430. The second-order valence-corrected chi connectivity index (χ2v) is 8.22. The maximum absolute atomic E-state index is 12.7. The molecule has 0 aromatic carbocycles. The van der Waals surface area contributed by atoms with E-state index in [1.807, 2.05) is 0 Å². The Kier molecular flexibility index (Phi) is 5.53. The number of aromatic nitrogens is 1. The van der Waals surface area contributed by atoms with Crippen molar-refractivity contribution in [1.29, 1.82) is 0 Å². The lowest BCUT2D eigenvalue weighted by molar-refractivity contribution is -0.388. The molecule has 1 aromatic heterocycles. The van der Waals surface area contributed by atoms with Crippen LogP contribution in [0.15, 0.2) is 23.4 Å². The van der Waals surface area contributed by atoms with E-state index < -0.39 is 32.7 Å². The van der Waals surface area contributed by atoms with Gasteiger partial charge in [0.1, 0.15) is 5.60 Å². The average Bonchev–Trinajstić information content (AvgIpc) is 2.52. The highest BCUT2D eigenvalue weighted by atomic mass is 32.2. The van der Waals surface area contributed by atoms with Gasteiger partial charge in [-0.05, 0) is 39.7 Å². The topological polar surface area (TPSA) is 103 Å². The van der Waals surface area contributed by atoms with Gasteiger partial charge in [-0.1, -0.05) is 0 Å². The minimum atomic E-state index is -1.66. The summed E-state index contributed by atoms with van der Waals surface area (Å²) >= 11 is 0. The standard InChI is InChI=1S/C15H21N3O5S/c1-15(2,3)23-14(19)17-9-5-6-11(10-17)24(22)13-12(18(20)21)7-4-8-16-13/h4,7-8,11H,5-6,9-10H2,1-3H3/t11-,24-/m0/s1. The first kappa shape index (κ1) is 18.3. The van der Waals surface area contributed by atoms with E-state index in [4.69, 9.17) is 4.74 Å². The molecule has 2 atom stereocenters. The van der Waals surface area contributed by atoms with Crippen molar-refractivity contribution in [1.82, 2.24) is 9.88 Å². The molecule has 1 fully saturated rings. The van der Waals surface area contributed by atoms with Gasteiger partial charge in [-0.3, -0.25) is 14.3 Å². The summed E-state index contributed by atoms with van der Waals surface area (Å²) in [5.41, 5.74) is -0.867. The molecule has 2 rings (SSSR count). The molecule has 1 amide bonds. The number of nitrogens with zero attached hydrogens (tertiary/aromatic N) is 3. The zero-order valence-corrected chi connectivity index (χ0v) is 14.7. The summed E-state index contributed by atoms with van der Waals surface area (Å²) in [5, 5.41) is 10.6. The van der Waals surface area contributed by atoms with Crippen LogP contribution in [0.5, 0.6) is 0 Å². The van der Waals surface area contributed by atoms with Gasteiger partial charge in [0.05, 0.1) is 21.0 Å². The van der Waals surface area contributed by atoms with Gasteiger partial charge in [-0.15, -0.1) is 0 Å². The Morgan fingerprint density at radius 3 is 2.83 bits per heavy atom. The van der Waals surface area contributed by atoms with Gasteiger partial charge in [0.2, 0.25) is 5.03 Å². The van der Waals surface area contributed by atoms with Crippen LogP contribution in [0.3, 0.4) is 0 Å². The molecular formula is C15H21N3O5S. The molecule has 0 bridgehead atoms. The van der Waals surface area contributed by atoms with Crippen LogP contribution in [-0.4, -0.2) is 49.0 Å². The van der Waals surface area contributed by atoms with Crippen molar-refractivity contribution >= 4 is 22.6 Å². The highest BCUT2D eigenvalue weighted by molar-refractivity contribution is 7.85. The second kappa shape index (κ2) is 7.25. The fourth-order valence-electron chi connectivity index (χ4n) is 2.44. The number of amides is 1.